The summed E-state index contributed by atoms with van der Waals surface area (Å²) in [6.45, 7) is 8.72. The largest absolute Gasteiger partial charge is 0.478 e. The third-order valence-electron chi connectivity index (χ3n) is 4.98. The fraction of sp³-hybridized carbons (Fsp3) is 0.333. The number of H-pyrrole nitrogens is 1. The van der Waals surface area contributed by atoms with Gasteiger partial charge in [-0.25, -0.2) is 14.3 Å². The van der Waals surface area contributed by atoms with Crippen LogP contribution in [0.15, 0.2) is 46.4 Å². The van der Waals surface area contributed by atoms with Crippen LogP contribution in [-0.2, 0) is 26.3 Å². The highest BCUT2D eigenvalue weighted by Gasteiger charge is 2.15. The van der Waals surface area contributed by atoms with E-state index < -0.39 is 11.9 Å². The third kappa shape index (κ3) is 8.88. The third-order valence-corrected chi connectivity index (χ3v) is 5.61. The normalized spacial score (nSPS) is 11.3. The SMILES string of the molecule is CSc1nnc(C)n1NC(=O)CNCc1cc(=O)[nH]c2ccc(C(C)(C)C)cc12.O=C(O)/C=C/C(=O)O. The van der Waals surface area contributed by atoms with Gasteiger partial charge in [0.05, 0.1) is 6.54 Å². The van der Waals surface area contributed by atoms with E-state index in [0.29, 0.717) is 29.7 Å². The van der Waals surface area contributed by atoms with Gasteiger partial charge in [-0.05, 0) is 41.9 Å². The Morgan fingerprint density at radius 1 is 1.11 bits per heavy atom. The predicted octanol–water partition coefficient (Wildman–Crippen LogP) is 2.02. The number of benzene rings is 1. The molecular weight excluding hydrogens is 500 g/mol. The van der Waals surface area contributed by atoms with Crippen LogP contribution in [0.25, 0.3) is 10.9 Å². The molecule has 3 rings (SSSR count). The van der Waals surface area contributed by atoms with Crippen molar-refractivity contribution in [3.8, 4) is 0 Å². The number of nitrogens with one attached hydrogen (secondary N) is 3. The molecule has 12 nitrogen and oxygen atoms in total. The lowest BCUT2D eigenvalue weighted by molar-refractivity contribution is -0.134. The second kappa shape index (κ2) is 12.8. The number of pyridine rings is 1. The number of carbonyl (C=O) groups is 3. The number of aryl methyl sites for hydroxylation is 1. The van der Waals surface area contributed by atoms with Crippen molar-refractivity contribution in [2.75, 3.05) is 18.2 Å². The number of aromatic amines is 1. The van der Waals surface area contributed by atoms with Gasteiger partial charge in [-0.3, -0.25) is 15.0 Å². The number of hydrogen-bond acceptors (Lipinski definition) is 8. The maximum Gasteiger partial charge on any atom is 0.328 e. The van der Waals surface area contributed by atoms with Crippen molar-refractivity contribution in [1.82, 2.24) is 25.2 Å². The minimum Gasteiger partial charge on any atom is -0.478 e. The number of nitrogens with zero attached hydrogens (tertiary/aromatic N) is 3. The van der Waals surface area contributed by atoms with E-state index in [-0.39, 0.29) is 23.4 Å². The molecule has 0 radical (unpaired) electrons. The Morgan fingerprint density at radius 2 is 1.76 bits per heavy atom. The van der Waals surface area contributed by atoms with Gasteiger partial charge in [0.1, 0.15) is 5.82 Å². The van der Waals surface area contributed by atoms with Crippen LogP contribution in [0.4, 0.5) is 0 Å². The summed E-state index contributed by atoms with van der Waals surface area (Å²) in [6.07, 6.45) is 2.99. The first-order valence-corrected chi connectivity index (χ1v) is 12.3. The van der Waals surface area contributed by atoms with Crippen molar-refractivity contribution in [3.63, 3.8) is 0 Å². The number of amides is 1. The van der Waals surface area contributed by atoms with Gasteiger partial charge >= 0.3 is 11.9 Å². The Bertz CT molecular complexity index is 1360. The lowest BCUT2D eigenvalue weighted by atomic mass is 9.86. The fourth-order valence-corrected chi connectivity index (χ4v) is 3.64. The first-order chi connectivity index (χ1) is 17.3. The monoisotopic (exact) mass is 530 g/mol. The molecule has 3 aromatic rings. The number of aromatic nitrogens is 4. The van der Waals surface area contributed by atoms with E-state index in [4.69, 9.17) is 10.2 Å². The van der Waals surface area contributed by atoms with E-state index in [1.54, 1.807) is 17.7 Å². The molecule has 37 heavy (non-hydrogen) atoms. The van der Waals surface area contributed by atoms with Crippen molar-refractivity contribution in [1.29, 1.82) is 0 Å². The van der Waals surface area contributed by atoms with E-state index in [9.17, 15) is 19.2 Å². The number of aliphatic carboxylic acids is 2. The Morgan fingerprint density at radius 3 is 2.32 bits per heavy atom. The number of carboxylic acid groups (broad SMARTS) is 2. The Labute approximate surface area is 217 Å². The second-order valence-electron chi connectivity index (χ2n) is 8.89. The van der Waals surface area contributed by atoms with E-state index >= 15 is 0 Å². The molecule has 0 aliphatic carbocycles. The quantitative estimate of drug-likeness (QED) is 0.214. The van der Waals surface area contributed by atoms with Crippen LogP contribution in [0.5, 0.6) is 0 Å². The molecule has 5 N–H and O–H groups in total. The first kappa shape index (κ1) is 29.3. The van der Waals surface area contributed by atoms with Crippen molar-refractivity contribution in [2.24, 2.45) is 0 Å². The number of carboxylic acids is 2. The van der Waals surface area contributed by atoms with E-state index in [1.807, 2.05) is 18.4 Å². The molecule has 0 aliphatic heterocycles. The predicted molar refractivity (Wildman–Crippen MR) is 140 cm³/mol. The van der Waals surface area contributed by atoms with Crippen molar-refractivity contribution >= 4 is 40.5 Å². The Kier molecular flexibility index (Phi) is 10.1. The summed E-state index contributed by atoms with van der Waals surface area (Å²) in [5, 5.41) is 28.3. The smallest absolute Gasteiger partial charge is 0.328 e. The minimum atomic E-state index is -1.26. The van der Waals surface area contributed by atoms with Crippen LogP contribution in [-0.4, -0.2) is 60.7 Å². The summed E-state index contributed by atoms with van der Waals surface area (Å²) >= 11 is 1.40. The van der Waals surface area contributed by atoms with Crippen LogP contribution in [0.2, 0.25) is 0 Å². The zero-order valence-corrected chi connectivity index (χ0v) is 22.0. The van der Waals surface area contributed by atoms with Gasteiger partial charge in [0.25, 0.3) is 5.91 Å². The van der Waals surface area contributed by atoms with Crippen LogP contribution in [0, 0.1) is 6.92 Å². The zero-order valence-electron chi connectivity index (χ0n) is 21.2. The molecule has 0 spiro atoms. The molecule has 198 valence electrons. The van der Waals surface area contributed by atoms with Crippen LogP contribution in [0.1, 0.15) is 37.7 Å². The van der Waals surface area contributed by atoms with Crippen molar-refractivity contribution in [3.05, 3.63) is 63.7 Å². The number of hydrogen-bond donors (Lipinski definition) is 5. The molecule has 2 heterocycles. The molecule has 1 amide bonds. The molecule has 0 aliphatic rings. The maximum absolute atomic E-state index is 12.3. The highest BCUT2D eigenvalue weighted by Crippen LogP contribution is 2.26. The molecule has 0 fully saturated rings. The Hall–Kier alpha value is -3.97. The van der Waals surface area contributed by atoms with Crippen LogP contribution >= 0.6 is 11.8 Å². The fourth-order valence-electron chi connectivity index (χ4n) is 3.16. The molecule has 13 heteroatoms. The number of rotatable bonds is 8. The lowest BCUT2D eigenvalue weighted by Crippen LogP contribution is -2.33. The molecule has 1 aromatic carbocycles. The zero-order chi connectivity index (χ0) is 27.8. The molecule has 0 bridgehead atoms. The van der Waals surface area contributed by atoms with E-state index in [1.165, 1.54) is 17.3 Å². The van der Waals surface area contributed by atoms with Gasteiger partial charge in [0.2, 0.25) is 10.7 Å². The van der Waals surface area contributed by atoms with Gasteiger partial charge in [-0.15, -0.1) is 10.2 Å². The number of thioether (sulfide) groups is 1. The summed E-state index contributed by atoms with van der Waals surface area (Å²) in [6, 6.07) is 7.66. The summed E-state index contributed by atoms with van der Waals surface area (Å²) in [5.74, 6) is -2.12. The number of carbonyl (C=O) groups excluding carboxylic acids is 1. The average Bonchev–Trinajstić information content (AvgIpc) is 3.16. The highest BCUT2D eigenvalue weighted by atomic mass is 32.2. The van der Waals surface area contributed by atoms with Gasteiger partial charge in [-0.2, -0.15) is 0 Å². The average molecular weight is 531 g/mol. The topological polar surface area (TPSA) is 179 Å². The maximum atomic E-state index is 12.3. The summed E-state index contributed by atoms with van der Waals surface area (Å²) in [7, 11) is 0. The van der Waals surface area contributed by atoms with Crippen LogP contribution < -0.4 is 16.3 Å². The van der Waals surface area contributed by atoms with Crippen LogP contribution in [0.3, 0.4) is 0 Å². The van der Waals surface area contributed by atoms with Gasteiger partial charge in [-0.1, -0.05) is 38.6 Å². The molecule has 0 unspecified atom stereocenters. The van der Waals surface area contributed by atoms with Crippen molar-refractivity contribution in [2.45, 2.75) is 44.8 Å². The molecule has 0 saturated heterocycles. The highest BCUT2D eigenvalue weighted by molar-refractivity contribution is 7.98. The summed E-state index contributed by atoms with van der Waals surface area (Å²) in [4.78, 5) is 46.3. The van der Waals surface area contributed by atoms with Gasteiger partial charge < -0.3 is 20.5 Å². The van der Waals surface area contributed by atoms with E-state index in [0.717, 1.165) is 16.5 Å². The standard InChI is InChI=1S/C20H26N6O2S.C4H4O4/c1-12-23-24-19(29-5)26(12)25-18(28)11-21-10-13-8-17(27)22-16-7-6-14(9-15(13)16)20(2,3)4;5-3(6)1-2-4(7)8/h6-9,21H,10-11H2,1-5H3,(H,22,27)(H,25,28);1-2H,(H,5,6)(H,7,8)/b;2-1+. The van der Waals surface area contributed by atoms with Crippen molar-refractivity contribution < 1.29 is 24.6 Å². The van der Waals surface area contributed by atoms with Gasteiger partial charge in [0.15, 0.2) is 0 Å². The van der Waals surface area contributed by atoms with E-state index in [2.05, 4.69) is 52.8 Å². The molecule has 0 saturated carbocycles. The Balaban J connectivity index is 0.000000521. The number of fused-ring (bicyclic) bond motifs is 1. The lowest BCUT2D eigenvalue weighted by Gasteiger charge is -2.20. The van der Waals surface area contributed by atoms with Gasteiger partial charge in [0, 0.05) is 35.7 Å². The minimum absolute atomic E-state index is 0.000598. The molecule has 2 aromatic heterocycles. The molecular formula is C24H30N6O6S. The first-order valence-electron chi connectivity index (χ1n) is 11.1. The summed E-state index contributed by atoms with van der Waals surface area (Å²) in [5.41, 5.74) is 5.44. The summed E-state index contributed by atoms with van der Waals surface area (Å²) < 4.78 is 1.56. The second-order valence-corrected chi connectivity index (χ2v) is 9.66. The molecule has 0 atom stereocenters.